The molecule has 2 aromatic rings. The van der Waals surface area contributed by atoms with Crippen LogP contribution in [-0.4, -0.2) is 42.5 Å². The molecular weight excluding hydrogens is 386 g/mol. The number of nitrogens with zero attached hydrogens (tertiary/aromatic N) is 2. The lowest BCUT2D eigenvalue weighted by molar-refractivity contribution is -0.119. The fourth-order valence-corrected chi connectivity index (χ4v) is 2.86. The summed E-state index contributed by atoms with van der Waals surface area (Å²) >= 11 is 6.25. The largest absolute Gasteiger partial charge is 0.497 e. The highest BCUT2D eigenvalue weighted by molar-refractivity contribution is 6.32. The number of aromatic nitrogens is 2. The number of rotatable bonds is 8. The van der Waals surface area contributed by atoms with Crippen LogP contribution in [0.3, 0.4) is 0 Å². The van der Waals surface area contributed by atoms with E-state index in [2.05, 4.69) is 10.4 Å². The molecule has 2 rings (SSSR count). The summed E-state index contributed by atoms with van der Waals surface area (Å²) in [5, 5.41) is 7.09. The number of methoxy groups -OCH3 is 2. The van der Waals surface area contributed by atoms with Gasteiger partial charge in [0, 0.05) is 12.6 Å². The second-order valence-electron chi connectivity index (χ2n) is 6.52. The van der Waals surface area contributed by atoms with E-state index >= 15 is 0 Å². The van der Waals surface area contributed by atoms with Crippen LogP contribution in [0.2, 0.25) is 5.15 Å². The van der Waals surface area contributed by atoms with Crippen LogP contribution in [0.5, 0.6) is 11.5 Å². The smallest absolute Gasteiger partial charge is 0.343 e. The average molecular weight is 410 g/mol. The van der Waals surface area contributed by atoms with Crippen molar-refractivity contribution in [2.45, 2.75) is 27.3 Å². The maximum absolute atomic E-state index is 12.4. The Labute approximate surface area is 168 Å². The number of benzene rings is 1. The van der Waals surface area contributed by atoms with Gasteiger partial charge in [0.15, 0.2) is 6.61 Å². The van der Waals surface area contributed by atoms with Gasteiger partial charge in [-0.2, -0.15) is 5.10 Å². The Hall–Kier alpha value is -2.74. The molecular formula is C19H24ClN3O5. The Balaban J connectivity index is 2.02. The lowest BCUT2D eigenvalue weighted by Gasteiger charge is -2.12. The van der Waals surface area contributed by atoms with Crippen LogP contribution in [-0.2, 0) is 16.1 Å². The van der Waals surface area contributed by atoms with Crippen LogP contribution in [0.4, 0.5) is 5.69 Å². The molecule has 0 radical (unpaired) electrons. The minimum absolute atomic E-state index is 0.164. The number of aryl methyl sites for hydroxylation is 1. The fourth-order valence-electron chi connectivity index (χ4n) is 2.54. The first-order chi connectivity index (χ1) is 13.3. The Morgan fingerprint density at radius 2 is 1.96 bits per heavy atom. The van der Waals surface area contributed by atoms with Crippen molar-refractivity contribution in [2.75, 3.05) is 26.1 Å². The second kappa shape index (κ2) is 9.45. The molecule has 0 fully saturated rings. The van der Waals surface area contributed by atoms with E-state index < -0.39 is 18.5 Å². The third-order valence-electron chi connectivity index (χ3n) is 3.82. The standard InChI is InChI=1S/C19H24ClN3O5/c1-11(2)9-23-18(20)17(12(3)22-23)19(25)28-10-16(24)21-14-7-6-13(26-4)8-15(14)27-5/h6-8,11H,9-10H2,1-5H3,(H,21,24). The molecule has 1 heterocycles. The predicted octanol–water partition coefficient (Wildman–Crippen LogP) is 3.31. The number of esters is 1. The maximum Gasteiger partial charge on any atom is 0.343 e. The minimum atomic E-state index is -0.700. The third-order valence-corrected chi connectivity index (χ3v) is 4.21. The number of carbonyl (C=O) groups is 2. The molecule has 0 aliphatic carbocycles. The van der Waals surface area contributed by atoms with Crippen molar-refractivity contribution in [2.24, 2.45) is 5.92 Å². The van der Waals surface area contributed by atoms with Crippen LogP contribution in [0, 0.1) is 12.8 Å². The Morgan fingerprint density at radius 3 is 2.57 bits per heavy atom. The number of ether oxygens (including phenoxy) is 3. The van der Waals surface area contributed by atoms with Gasteiger partial charge < -0.3 is 19.5 Å². The number of anilines is 1. The van der Waals surface area contributed by atoms with Gasteiger partial charge in [-0.3, -0.25) is 9.48 Å². The van der Waals surface area contributed by atoms with Crippen molar-refractivity contribution in [3.63, 3.8) is 0 Å². The fraction of sp³-hybridized carbons (Fsp3) is 0.421. The third kappa shape index (κ3) is 5.16. The van der Waals surface area contributed by atoms with Gasteiger partial charge in [0.05, 0.1) is 25.6 Å². The van der Waals surface area contributed by atoms with Crippen LogP contribution in [0.25, 0.3) is 0 Å². The zero-order chi connectivity index (χ0) is 20.8. The molecule has 0 unspecified atom stereocenters. The molecule has 1 N–H and O–H groups in total. The number of halogens is 1. The van der Waals surface area contributed by atoms with E-state index in [-0.39, 0.29) is 10.7 Å². The highest BCUT2D eigenvalue weighted by Crippen LogP contribution is 2.29. The van der Waals surface area contributed by atoms with Gasteiger partial charge in [0.25, 0.3) is 5.91 Å². The summed E-state index contributed by atoms with van der Waals surface area (Å²) in [5.41, 5.74) is 1.05. The zero-order valence-electron chi connectivity index (χ0n) is 16.5. The molecule has 28 heavy (non-hydrogen) atoms. The van der Waals surface area contributed by atoms with Crippen LogP contribution in [0.1, 0.15) is 29.9 Å². The van der Waals surface area contributed by atoms with Crippen molar-refractivity contribution in [3.8, 4) is 11.5 Å². The van der Waals surface area contributed by atoms with Gasteiger partial charge in [-0.25, -0.2) is 4.79 Å². The van der Waals surface area contributed by atoms with Gasteiger partial charge >= 0.3 is 5.97 Å². The molecule has 0 saturated carbocycles. The number of hydrogen-bond donors (Lipinski definition) is 1. The van der Waals surface area contributed by atoms with Crippen LogP contribution in [0.15, 0.2) is 18.2 Å². The first-order valence-corrected chi connectivity index (χ1v) is 9.06. The summed E-state index contributed by atoms with van der Waals surface area (Å²) in [6, 6.07) is 4.94. The summed E-state index contributed by atoms with van der Waals surface area (Å²) in [4.78, 5) is 24.5. The zero-order valence-corrected chi connectivity index (χ0v) is 17.3. The van der Waals surface area contributed by atoms with Crippen molar-refractivity contribution >= 4 is 29.2 Å². The molecule has 1 amide bonds. The maximum atomic E-state index is 12.4. The number of hydrogen-bond acceptors (Lipinski definition) is 6. The van der Waals surface area contributed by atoms with E-state index in [1.165, 1.54) is 14.2 Å². The molecule has 0 bridgehead atoms. The van der Waals surface area contributed by atoms with E-state index in [1.54, 1.807) is 29.8 Å². The minimum Gasteiger partial charge on any atom is -0.497 e. The molecule has 0 aliphatic heterocycles. The average Bonchev–Trinajstić information content (AvgIpc) is 2.92. The van der Waals surface area contributed by atoms with Crippen molar-refractivity contribution in [1.82, 2.24) is 9.78 Å². The molecule has 0 aliphatic rings. The summed E-state index contributed by atoms with van der Waals surface area (Å²) in [5.74, 6) is 0.109. The molecule has 9 heteroatoms. The van der Waals surface area contributed by atoms with E-state index in [0.717, 1.165) is 0 Å². The highest BCUT2D eigenvalue weighted by Gasteiger charge is 2.23. The van der Waals surface area contributed by atoms with Gasteiger partial charge in [0.2, 0.25) is 0 Å². The summed E-state index contributed by atoms with van der Waals surface area (Å²) in [7, 11) is 3.01. The van der Waals surface area contributed by atoms with Gasteiger partial charge in [-0.15, -0.1) is 0 Å². The second-order valence-corrected chi connectivity index (χ2v) is 6.88. The molecule has 1 aromatic heterocycles. The van der Waals surface area contributed by atoms with Gasteiger partial charge in [-0.05, 0) is 25.0 Å². The monoisotopic (exact) mass is 409 g/mol. The SMILES string of the molecule is COc1ccc(NC(=O)COC(=O)c2c(C)nn(CC(C)C)c2Cl)c(OC)c1. The highest BCUT2D eigenvalue weighted by atomic mass is 35.5. The Morgan fingerprint density at radius 1 is 1.25 bits per heavy atom. The van der Waals surface area contributed by atoms with E-state index in [4.69, 9.17) is 25.8 Å². The predicted molar refractivity (Wildman–Crippen MR) is 105 cm³/mol. The molecule has 1 aromatic carbocycles. The molecule has 0 atom stereocenters. The number of nitrogens with one attached hydrogen (secondary N) is 1. The van der Waals surface area contributed by atoms with Gasteiger partial charge in [0.1, 0.15) is 22.2 Å². The molecule has 152 valence electrons. The number of carbonyl (C=O) groups excluding carboxylic acids is 2. The molecule has 8 nitrogen and oxygen atoms in total. The number of amides is 1. The van der Waals surface area contributed by atoms with Crippen molar-refractivity contribution in [1.29, 1.82) is 0 Å². The van der Waals surface area contributed by atoms with E-state index in [0.29, 0.717) is 35.3 Å². The summed E-state index contributed by atoms with van der Waals surface area (Å²) in [6.45, 7) is 5.80. The Kier molecular flexibility index (Phi) is 7.28. The van der Waals surface area contributed by atoms with Crippen molar-refractivity contribution < 1.29 is 23.8 Å². The topological polar surface area (TPSA) is 91.7 Å². The first-order valence-electron chi connectivity index (χ1n) is 8.68. The van der Waals surface area contributed by atoms with Crippen LogP contribution < -0.4 is 14.8 Å². The van der Waals surface area contributed by atoms with Crippen LogP contribution >= 0.6 is 11.6 Å². The molecule has 0 spiro atoms. The lowest BCUT2D eigenvalue weighted by atomic mass is 10.2. The Bertz CT molecular complexity index is 863. The summed E-state index contributed by atoms with van der Waals surface area (Å²) in [6.07, 6.45) is 0. The quantitative estimate of drug-likeness (QED) is 0.672. The van der Waals surface area contributed by atoms with Crippen molar-refractivity contribution in [3.05, 3.63) is 34.6 Å². The summed E-state index contributed by atoms with van der Waals surface area (Å²) < 4.78 is 17.0. The van der Waals surface area contributed by atoms with Gasteiger partial charge in [-0.1, -0.05) is 25.4 Å². The first kappa shape index (κ1) is 21.6. The van der Waals surface area contributed by atoms with E-state index in [9.17, 15) is 9.59 Å². The normalized spacial score (nSPS) is 10.7. The molecule has 0 saturated heterocycles. The lowest BCUT2D eigenvalue weighted by Crippen LogP contribution is -2.21. The van der Waals surface area contributed by atoms with E-state index in [1.807, 2.05) is 13.8 Å².